The van der Waals surface area contributed by atoms with Crippen LogP contribution in [0, 0.1) is 19.8 Å². The highest BCUT2D eigenvalue weighted by molar-refractivity contribution is 7.89. The minimum absolute atomic E-state index is 0.142. The zero-order valence-electron chi connectivity index (χ0n) is 19.5. The Morgan fingerprint density at radius 3 is 2.55 bits per heavy atom. The number of carbonyl (C=O) groups excluding carboxylic acids is 2. The molecule has 7 nitrogen and oxygen atoms in total. The number of hydrogen-bond acceptors (Lipinski definition) is 5. The van der Waals surface area contributed by atoms with Crippen LogP contribution in [-0.4, -0.2) is 44.3 Å². The van der Waals surface area contributed by atoms with Gasteiger partial charge in [-0.2, -0.15) is 4.31 Å². The summed E-state index contributed by atoms with van der Waals surface area (Å²) in [5.74, 6) is -1.06. The van der Waals surface area contributed by atoms with E-state index in [1.165, 1.54) is 4.31 Å². The number of aryl methyl sites for hydroxylation is 2. The molecule has 1 heterocycles. The van der Waals surface area contributed by atoms with E-state index in [0.717, 1.165) is 18.4 Å². The zero-order chi connectivity index (χ0) is 24.0. The highest BCUT2D eigenvalue weighted by atomic mass is 32.2. The maximum absolute atomic E-state index is 13.2. The molecule has 3 rings (SSSR count). The van der Waals surface area contributed by atoms with Crippen molar-refractivity contribution in [2.45, 2.75) is 51.3 Å². The molecule has 2 aromatic carbocycles. The largest absolute Gasteiger partial charge is 0.462 e. The fraction of sp³-hybridized carbons (Fsp3) is 0.440. The molecule has 0 saturated carbocycles. The van der Waals surface area contributed by atoms with E-state index < -0.39 is 15.9 Å². The molecule has 2 aromatic rings. The molecule has 1 atom stereocenters. The van der Waals surface area contributed by atoms with Crippen molar-refractivity contribution in [1.82, 2.24) is 4.31 Å². The van der Waals surface area contributed by atoms with E-state index in [1.807, 2.05) is 19.9 Å². The van der Waals surface area contributed by atoms with Gasteiger partial charge in [-0.15, -0.1) is 0 Å². The second-order valence-electron chi connectivity index (χ2n) is 8.53. The molecule has 0 radical (unpaired) electrons. The molecule has 1 aliphatic heterocycles. The van der Waals surface area contributed by atoms with Crippen molar-refractivity contribution < 1.29 is 22.7 Å². The standard InChI is InChI=1S/C25H32N2O5S/c1-4-5-15-32-25(29)20-10-12-22(13-11-20)26-24(28)21-7-6-14-27(17-21)33(30,31)23-16-18(2)8-9-19(23)3/h8-13,16,21H,4-7,14-15,17H2,1-3H3,(H,26,28). The van der Waals surface area contributed by atoms with Gasteiger partial charge in [0.05, 0.1) is 23.0 Å². The van der Waals surface area contributed by atoms with Gasteiger partial charge < -0.3 is 10.1 Å². The molecule has 0 bridgehead atoms. The maximum Gasteiger partial charge on any atom is 0.338 e. The normalized spacial score (nSPS) is 16.9. The van der Waals surface area contributed by atoms with Crippen LogP contribution < -0.4 is 5.32 Å². The van der Waals surface area contributed by atoms with Crippen LogP contribution in [0.15, 0.2) is 47.4 Å². The Morgan fingerprint density at radius 1 is 1.12 bits per heavy atom. The number of nitrogens with zero attached hydrogens (tertiary/aromatic N) is 1. The molecule has 178 valence electrons. The van der Waals surface area contributed by atoms with Crippen molar-refractivity contribution in [2.75, 3.05) is 25.0 Å². The van der Waals surface area contributed by atoms with Gasteiger partial charge in [-0.1, -0.05) is 25.5 Å². The summed E-state index contributed by atoms with van der Waals surface area (Å²) in [6.45, 7) is 6.59. The summed E-state index contributed by atoms with van der Waals surface area (Å²) >= 11 is 0. The molecule has 0 spiro atoms. The lowest BCUT2D eigenvalue weighted by Crippen LogP contribution is -2.43. The number of hydrogen-bond donors (Lipinski definition) is 1. The van der Waals surface area contributed by atoms with Crippen LogP contribution in [0.1, 0.15) is 54.1 Å². The lowest BCUT2D eigenvalue weighted by atomic mass is 9.98. The molecule has 1 aliphatic rings. The van der Waals surface area contributed by atoms with E-state index >= 15 is 0 Å². The van der Waals surface area contributed by atoms with Crippen molar-refractivity contribution in [1.29, 1.82) is 0 Å². The molecular weight excluding hydrogens is 440 g/mol. The quantitative estimate of drug-likeness (QED) is 0.457. The zero-order valence-corrected chi connectivity index (χ0v) is 20.3. The number of sulfonamides is 1. The van der Waals surface area contributed by atoms with E-state index in [-0.39, 0.29) is 18.4 Å². The Labute approximate surface area is 196 Å². The smallest absolute Gasteiger partial charge is 0.338 e. The SMILES string of the molecule is CCCCOC(=O)c1ccc(NC(=O)C2CCCN(S(=O)(=O)c3cc(C)ccc3C)C2)cc1. The van der Waals surface area contributed by atoms with Crippen molar-refractivity contribution >= 4 is 27.6 Å². The Balaban J connectivity index is 1.64. The fourth-order valence-corrected chi connectivity index (χ4v) is 5.66. The van der Waals surface area contributed by atoms with Crippen LogP contribution in [0.3, 0.4) is 0 Å². The molecule has 1 saturated heterocycles. The summed E-state index contributed by atoms with van der Waals surface area (Å²) in [7, 11) is -3.68. The second kappa shape index (κ2) is 10.9. The highest BCUT2D eigenvalue weighted by Gasteiger charge is 2.34. The summed E-state index contributed by atoms with van der Waals surface area (Å²) in [5, 5.41) is 2.85. The number of anilines is 1. The molecule has 1 amide bonds. The molecule has 0 aliphatic carbocycles. The summed E-state index contributed by atoms with van der Waals surface area (Å²) in [6, 6.07) is 11.9. The Kier molecular flexibility index (Phi) is 8.26. The van der Waals surface area contributed by atoms with E-state index in [4.69, 9.17) is 4.74 Å². The van der Waals surface area contributed by atoms with Gasteiger partial charge in [0.25, 0.3) is 0 Å². The van der Waals surface area contributed by atoms with Gasteiger partial charge in [0.15, 0.2) is 0 Å². The topological polar surface area (TPSA) is 92.8 Å². The molecule has 1 unspecified atom stereocenters. The number of piperidine rings is 1. The molecule has 1 N–H and O–H groups in total. The molecule has 1 fully saturated rings. The molecule has 0 aromatic heterocycles. The summed E-state index contributed by atoms with van der Waals surface area (Å²) in [5.41, 5.74) is 2.55. The monoisotopic (exact) mass is 472 g/mol. The van der Waals surface area contributed by atoms with Crippen LogP contribution in [0.5, 0.6) is 0 Å². The van der Waals surface area contributed by atoms with Gasteiger partial charge in [-0.3, -0.25) is 4.79 Å². The first kappa shape index (κ1) is 24.9. The van der Waals surface area contributed by atoms with Crippen LogP contribution >= 0.6 is 0 Å². The van der Waals surface area contributed by atoms with Crippen LogP contribution in [0.25, 0.3) is 0 Å². The van der Waals surface area contributed by atoms with Gasteiger partial charge >= 0.3 is 5.97 Å². The lowest BCUT2D eigenvalue weighted by molar-refractivity contribution is -0.120. The molecule has 8 heteroatoms. The summed E-state index contributed by atoms with van der Waals surface area (Å²) in [4.78, 5) is 25.2. The van der Waals surface area contributed by atoms with Gasteiger partial charge in [0.2, 0.25) is 15.9 Å². The van der Waals surface area contributed by atoms with Crippen LogP contribution in [0.2, 0.25) is 0 Å². The first-order chi connectivity index (χ1) is 15.7. The number of unbranched alkanes of at least 4 members (excludes halogenated alkanes) is 1. The predicted molar refractivity (Wildman–Crippen MR) is 128 cm³/mol. The average molecular weight is 473 g/mol. The highest BCUT2D eigenvalue weighted by Crippen LogP contribution is 2.27. The molecule has 33 heavy (non-hydrogen) atoms. The van der Waals surface area contributed by atoms with Crippen LogP contribution in [-0.2, 0) is 19.6 Å². The number of amides is 1. The van der Waals surface area contributed by atoms with Crippen molar-refractivity contribution in [2.24, 2.45) is 5.92 Å². The predicted octanol–water partition coefficient (Wildman–Crippen LogP) is 4.30. The third kappa shape index (κ3) is 6.21. The third-order valence-corrected chi connectivity index (χ3v) is 7.84. The van der Waals surface area contributed by atoms with Gasteiger partial charge in [0, 0.05) is 18.8 Å². The minimum Gasteiger partial charge on any atom is -0.462 e. The third-order valence-electron chi connectivity index (χ3n) is 5.84. The van der Waals surface area contributed by atoms with Gasteiger partial charge in [-0.05, 0) is 74.6 Å². The fourth-order valence-electron chi connectivity index (χ4n) is 3.83. The van der Waals surface area contributed by atoms with Crippen molar-refractivity contribution in [3.05, 3.63) is 59.2 Å². The maximum atomic E-state index is 13.2. The van der Waals surface area contributed by atoms with Crippen LogP contribution in [0.4, 0.5) is 5.69 Å². The number of nitrogens with one attached hydrogen (secondary N) is 1. The Morgan fingerprint density at radius 2 is 1.85 bits per heavy atom. The second-order valence-corrected chi connectivity index (χ2v) is 10.4. The van der Waals surface area contributed by atoms with E-state index in [0.29, 0.717) is 47.7 Å². The number of esters is 1. The number of ether oxygens (including phenoxy) is 1. The van der Waals surface area contributed by atoms with Crippen molar-refractivity contribution in [3.8, 4) is 0 Å². The number of rotatable bonds is 8. The average Bonchev–Trinajstić information content (AvgIpc) is 2.81. The first-order valence-electron chi connectivity index (χ1n) is 11.4. The van der Waals surface area contributed by atoms with E-state index in [2.05, 4.69) is 5.32 Å². The van der Waals surface area contributed by atoms with Crippen molar-refractivity contribution in [3.63, 3.8) is 0 Å². The first-order valence-corrected chi connectivity index (χ1v) is 12.8. The Hall–Kier alpha value is -2.71. The Bertz CT molecular complexity index is 1100. The number of carbonyl (C=O) groups is 2. The minimum atomic E-state index is -3.68. The van der Waals surface area contributed by atoms with E-state index in [1.54, 1.807) is 43.3 Å². The lowest BCUT2D eigenvalue weighted by Gasteiger charge is -2.31. The van der Waals surface area contributed by atoms with Gasteiger partial charge in [0.1, 0.15) is 0 Å². The van der Waals surface area contributed by atoms with E-state index in [9.17, 15) is 18.0 Å². The summed E-state index contributed by atoms with van der Waals surface area (Å²) in [6.07, 6.45) is 3.00. The molecular formula is C25H32N2O5S. The number of benzene rings is 2. The summed E-state index contributed by atoms with van der Waals surface area (Å²) < 4.78 is 33.1. The van der Waals surface area contributed by atoms with Gasteiger partial charge in [-0.25, -0.2) is 13.2 Å².